The first kappa shape index (κ1) is 23.7. The Morgan fingerprint density at radius 1 is 1.15 bits per heavy atom. The number of ether oxygens (including phenoxy) is 1. The van der Waals surface area contributed by atoms with Crippen molar-refractivity contribution in [3.05, 3.63) is 84.8 Å². The Morgan fingerprint density at radius 2 is 1.85 bits per heavy atom. The Kier molecular flexibility index (Phi) is 7.11. The van der Waals surface area contributed by atoms with E-state index in [1.54, 1.807) is 4.90 Å². The molecule has 1 saturated heterocycles. The number of aromatic nitrogens is 1. The molecule has 1 aliphatic heterocycles. The van der Waals surface area contributed by atoms with Gasteiger partial charge in [0.15, 0.2) is 5.57 Å². The molecular formula is C27H27N3O3S. The van der Waals surface area contributed by atoms with Gasteiger partial charge in [-0.3, -0.25) is 14.2 Å². The van der Waals surface area contributed by atoms with Gasteiger partial charge in [-0.1, -0.05) is 55.8 Å². The largest absolute Gasteiger partial charge is 0.378 e. The van der Waals surface area contributed by atoms with Gasteiger partial charge in [0.2, 0.25) is 0 Å². The first-order chi connectivity index (χ1) is 16.4. The minimum absolute atomic E-state index is 0.0270. The standard InChI is InChI=1S/C27H27N3O3S/c1-18(2)21-7-9-22(10-8-21)30-26(32)24(16-20-6-4-5-19(3)15-20)34-27(30)23(17-28)25(31)29-11-13-33-14-12-29/h4-10,15-16,18H,11-14H2,1-3H3/b24-16+,27-23-. The summed E-state index contributed by atoms with van der Waals surface area (Å²) in [6, 6.07) is 17.7. The van der Waals surface area contributed by atoms with Gasteiger partial charge in [0.05, 0.1) is 23.4 Å². The molecule has 0 aliphatic carbocycles. The van der Waals surface area contributed by atoms with Gasteiger partial charge in [0.1, 0.15) is 10.7 Å². The van der Waals surface area contributed by atoms with E-state index in [0.717, 1.165) is 16.7 Å². The van der Waals surface area contributed by atoms with Crippen LogP contribution >= 0.6 is 11.3 Å². The van der Waals surface area contributed by atoms with E-state index in [1.165, 1.54) is 15.9 Å². The summed E-state index contributed by atoms with van der Waals surface area (Å²) >= 11 is 1.17. The monoisotopic (exact) mass is 473 g/mol. The van der Waals surface area contributed by atoms with Crippen molar-refractivity contribution >= 4 is 28.9 Å². The number of benzene rings is 2. The Bertz CT molecular complexity index is 1420. The number of morpholine rings is 1. The number of nitrogens with zero attached hydrogens (tertiary/aromatic N) is 3. The van der Waals surface area contributed by atoms with Gasteiger partial charge in [-0.25, -0.2) is 0 Å². The molecule has 1 aromatic heterocycles. The number of carbonyl (C=O) groups excluding carboxylic acids is 1. The van der Waals surface area contributed by atoms with Crippen LogP contribution < -0.4 is 14.8 Å². The van der Waals surface area contributed by atoms with Crippen LogP contribution in [-0.2, 0) is 9.53 Å². The molecule has 2 heterocycles. The fraction of sp³-hybridized carbons (Fsp3) is 0.296. The molecular weight excluding hydrogens is 446 g/mol. The summed E-state index contributed by atoms with van der Waals surface area (Å²) in [5, 5.41) is 10.0. The highest BCUT2D eigenvalue weighted by molar-refractivity contribution is 7.07. The highest BCUT2D eigenvalue weighted by Gasteiger charge is 2.24. The topological polar surface area (TPSA) is 75.3 Å². The van der Waals surface area contributed by atoms with Gasteiger partial charge in [-0.05, 0) is 42.2 Å². The van der Waals surface area contributed by atoms with Crippen molar-refractivity contribution < 1.29 is 9.53 Å². The van der Waals surface area contributed by atoms with Crippen LogP contribution in [0.2, 0.25) is 0 Å². The van der Waals surface area contributed by atoms with Gasteiger partial charge in [0.25, 0.3) is 11.5 Å². The summed E-state index contributed by atoms with van der Waals surface area (Å²) in [5.74, 6) is -0.0243. The van der Waals surface area contributed by atoms with E-state index in [2.05, 4.69) is 19.9 Å². The lowest BCUT2D eigenvalue weighted by molar-refractivity contribution is -0.128. The van der Waals surface area contributed by atoms with E-state index in [9.17, 15) is 14.9 Å². The summed E-state index contributed by atoms with van der Waals surface area (Å²) in [7, 11) is 0. The first-order valence-corrected chi connectivity index (χ1v) is 12.1. The summed E-state index contributed by atoms with van der Waals surface area (Å²) in [6.07, 6.45) is 1.82. The summed E-state index contributed by atoms with van der Waals surface area (Å²) in [5.41, 5.74) is 3.48. The van der Waals surface area contributed by atoms with Crippen molar-refractivity contribution in [2.75, 3.05) is 26.3 Å². The molecule has 6 nitrogen and oxygen atoms in total. The minimum atomic E-state index is -0.373. The molecule has 0 radical (unpaired) electrons. The second-order valence-corrected chi connectivity index (χ2v) is 9.64. The molecule has 0 N–H and O–H groups in total. The third kappa shape index (κ3) is 4.89. The first-order valence-electron chi connectivity index (χ1n) is 11.3. The van der Waals surface area contributed by atoms with Gasteiger partial charge in [0, 0.05) is 13.1 Å². The summed E-state index contributed by atoms with van der Waals surface area (Å²) in [4.78, 5) is 28.5. The summed E-state index contributed by atoms with van der Waals surface area (Å²) in [6.45, 7) is 7.92. The number of carbonyl (C=O) groups is 1. The molecule has 1 fully saturated rings. The van der Waals surface area contributed by atoms with Crippen LogP contribution in [0.3, 0.4) is 0 Å². The molecule has 1 amide bonds. The Balaban J connectivity index is 1.97. The van der Waals surface area contributed by atoms with Crippen LogP contribution in [0.15, 0.2) is 53.3 Å². The molecule has 2 aromatic carbocycles. The van der Waals surface area contributed by atoms with E-state index in [1.807, 2.05) is 61.5 Å². The van der Waals surface area contributed by atoms with Crippen LogP contribution in [0, 0.1) is 18.3 Å². The quantitative estimate of drug-likeness (QED) is 0.584. The number of aryl methyl sites for hydroxylation is 1. The Hall–Kier alpha value is -3.47. The lowest BCUT2D eigenvalue weighted by Crippen LogP contribution is -2.42. The number of hydrogen-bond acceptors (Lipinski definition) is 5. The lowest BCUT2D eigenvalue weighted by Gasteiger charge is -2.26. The fourth-order valence-corrected chi connectivity index (χ4v) is 5.01. The van der Waals surface area contributed by atoms with Gasteiger partial charge in [-0.15, -0.1) is 11.3 Å². The maximum absolute atomic E-state index is 13.6. The van der Waals surface area contributed by atoms with E-state index in [4.69, 9.17) is 4.74 Å². The van der Waals surface area contributed by atoms with Crippen LogP contribution in [0.25, 0.3) is 17.3 Å². The molecule has 0 saturated carbocycles. The SMILES string of the molecule is Cc1cccc(/C=c2/s/c(=C(/C#N)C(=O)N3CCOCC3)n(-c3ccc(C(C)C)cc3)c2=O)c1. The van der Waals surface area contributed by atoms with Gasteiger partial charge >= 0.3 is 0 Å². The average Bonchev–Trinajstić information content (AvgIpc) is 3.15. The third-order valence-electron chi connectivity index (χ3n) is 5.82. The minimum Gasteiger partial charge on any atom is -0.378 e. The number of thiazole rings is 1. The fourth-order valence-electron chi connectivity index (χ4n) is 3.92. The van der Waals surface area contributed by atoms with Gasteiger partial charge < -0.3 is 9.64 Å². The second kappa shape index (κ2) is 10.2. The molecule has 0 atom stereocenters. The van der Waals surface area contributed by atoms with Crippen LogP contribution in [0.4, 0.5) is 0 Å². The molecule has 3 aromatic rings. The van der Waals surface area contributed by atoms with Crippen LogP contribution in [0.5, 0.6) is 0 Å². The smallest absolute Gasteiger partial charge is 0.273 e. The number of nitriles is 1. The third-order valence-corrected chi connectivity index (χ3v) is 6.91. The number of rotatable bonds is 4. The Morgan fingerprint density at radius 3 is 2.47 bits per heavy atom. The molecule has 0 spiro atoms. The molecule has 0 bridgehead atoms. The van der Waals surface area contributed by atoms with Crippen molar-refractivity contribution in [3.8, 4) is 11.8 Å². The van der Waals surface area contributed by atoms with E-state index in [-0.39, 0.29) is 17.0 Å². The number of hydrogen-bond donors (Lipinski definition) is 0. The second-order valence-electron chi connectivity index (χ2n) is 8.61. The highest BCUT2D eigenvalue weighted by Crippen LogP contribution is 2.16. The predicted molar refractivity (Wildman–Crippen MR) is 134 cm³/mol. The van der Waals surface area contributed by atoms with Crippen molar-refractivity contribution in [1.29, 1.82) is 5.26 Å². The van der Waals surface area contributed by atoms with Crippen LogP contribution in [0.1, 0.15) is 36.5 Å². The van der Waals surface area contributed by atoms with E-state index >= 15 is 0 Å². The summed E-state index contributed by atoms with van der Waals surface area (Å²) < 4.78 is 7.66. The van der Waals surface area contributed by atoms with E-state index < -0.39 is 0 Å². The zero-order valence-electron chi connectivity index (χ0n) is 19.6. The Labute approximate surface area is 202 Å². The number of amides is 1. The van der Waals surface area contributed by atoms with Crippen molar-refractivity contribution in [1.82, 2.24) is 9.47 Å². The zero-order chi connectivity index (χ0) is 24.2. The van der Waals surface area contributed by atoms with E-state index in [0.29, 0.717) is 47.1 Å². The van der Waals surface area contributed by atoms with Gasteiger partial charge in [-0.2, -0.15) is 5.26 Å². The molecule has 34 heavy (non-hydrogen) atoms. The average molecular weight is 474 g/mol. The molecule has 7 heteroatoms. The normalized spacial score (nSPS) is 15.4. The molecule has 4 rings (SSSR count). The predicted octanol–water partition coefficient (Wildman–Crippen LogP) is 2.69. The molecule has 0 unspecified atom stereocenters. The zero-order valence-corrected chi connectivity index (χ0v) is 20.4. The van der Waals surface area contributed by atoms with Crippen LogP contribution in [-0.4, -0.2) is 41.7 Å². The van der Waals surface area contributed by atoms with Crippen molar-refractivity contribution in [2.24, 2.45) is 0 Å². The van der Waals surface area contributed by atoms with Crippen molar-refractivity contribution in [3.63, 3.8) is 0 Å². The molecule has 1 aliphatic rings. The maximum atomic E-state index is 13.6. The molecule has 174 valence electrons. The maximum Gasteiger partial charge on any atom is 0.273 e. The lowest BCUT2D eigenvalue weighted by atomic mass is 10.0. The van der Waals surface area contributed by atoms with Crippen molar-refractivity contribution in [2.45, 2.75) is 26.7 Å². The highest BCUT2D eigenvalue weighted by atomic mass is 32.1.